The lowest BCUT2D eigenvalue weighted by molar-refractivity contribution is -0.0227. The van der Waals surface area contributed by atoms with Gasteiger partial charge in [-0.05, 0) is 52.7 Å². The second-order valence-electron chi connectivity index (χ2n) is 6.92. The molecule has 1 atom stereocenters. The number of halogens is 1. The van der Waals surface area contributed by atoms with Crippen LogP contribution in [0.2, 0.25) is 0 Å². The highest BCUT2D eigenvalue weighted by molar-refractivity contribution is 5.94. The quantitative estimate of drug-likeness (QED) is 0.676. The summed E-state index contributed by atoms with van der Waals surface area (Å²) in [5, 5.41) is 11.1. The van der Waals surface area contributed by atoms with Crippen molar-refractivity contribution in [3.8, 4) is 11.8 Å². The molecule has 4 rings (SSSR count). The van der Waals surface area contributed by atoms with Crippen molar-refractivity contribution in [1.29, 1.82) is 5.26 Å². The Kier molecular flexibility index (Phi) is 5.15. The summed E-state index contributed by atoms with van der Waals surface area (Å²) in [5.74, 6) is -0.107. The minimum atomic E-state index is -0.595. The molecule has 0 unspecified atom stereocenters. The molecule has 3 aromatic carbocycles. The molecular formula is C23H19FN2O3. The summed E-state index contributed by atoms with van der Waals surface area (Å²) >= 11 is 0. The maximum absolute atomic E-state index is 13.7. The van der Waals surface area contributed by atoms with Crippen LogP contribution in [-0.4, -0.2) is 37.6 Å². The second kappa shape index (κ2) is 7.90. The highest BCUT2D eigenvalue weighted by Gasteiger charge is 2.27. The molecule has 1 aliphatic rings. The number of ether oxygens (including phenoxy) is 2. The van der Waals surface area contributed by atoms with Gasteiger partial charge in [-0.25, -0.2) is 4.39 Å². The Morgan fingerprint density at radius 1 is 1.17 bits per heavy atom. The maximum atomic E-state index is 13.7. The molecular weight excluding hydrogens is 371 g/mol. The van der Waals surface area contributed by atoms with Crippen molar-refractivity contribution in [1.82, 2.24) is 4.90 Å². The number of carbonyl (C=O) groups excluding carboxylic acids is 1. The predicted octanol–water partition coefficient (Wildman–Crippen LogP) is 4.07. The van der Waals surface area contributed by atoms with Gasteiger partial charge in [-0.2, -0.15) is 5.26 Å². The Labute approximate surface area is 167 Å². The highest BCUT2D eigenvalue weighted by atomic mass is 19.1. The van der Waals surface area contributed by atoms with Gasteiger partial charge in [-0.15, -0.1) is 0 Å². The van der Waals surface area contributed by atoms with E-state index >= 15 is 0 Å². The van der Waals surface area contributed by atoms with Crippen LogP contribution in [0.5, 0.6) is 5.75 Å². The third-order valence-electron chi connectivity index (χ3n) is 5.07. The molecule has 1 fully saturated rings. The summed E-state index contributed by atoms with van der Waals surface area (Å²) in [6, 6.07) is 17.5. The number of hydrogen-bond acceptors (Lipinski definition) is 4. The lowest BCUT2D eigenvalue weighted by Crippen LogP contribution is -2.42. The normalized spacial score (nSPS) is 16.4. The summed E-state index contributed by atoms with van der Waals surface area (Å²) in [7, 11) is 1.63. The van der Waals surface area contributed by atoms with Crippen molar-refractivity contribution >= 4 is 16.7 Å². The Balaban J connectivity index is 1.57. The first kappa shape index (κ1) is 18.9. The number of rotatable bonds is 3. The average Bonchev–Trinajstić information content (AvgIpc) is 2.77. The summed E-state index contributed by atoms with van der Waals surface area (Å²) in [6.07, 6.45) is -0.275. The monoisotopic (exact) mass is 390 g/mol. The topological polar surface area (TPSA) is 62.6 Å². The molecule has 0 saturated carbocycles. The molecule has 0 aliphatic carbocycles. The van der Waals surface area contributed by atoms with Crippen LogP contribution in [0.4, 0.5) is 4.39 Å². The van der Waals surface area contributed by atoms with E-state index in [9.17, 15) is 9.18 Å². The molecule has 1 heterocycles. The lowest BCUT2D eigenvalue weighted by atomic mass is 10.0. The first-order valence-corrected chi connectivity index (χ1v) is 9.26. The molecule has 0 N–H and O–H groups in total. The van der Waals surface area contributed by atoms with Crippen LogP contribution in [0, 0.1) is 17.1 Å². The van der Waals surface area contributed by atoms with E-state index in [1.807, 2.05) is 42.5 Å². The van der Waals surface area contributed by atoms with Gasteiger partial charge in [0.1, 0.15) is 17.7 Å². The van der Waals surface area contributed by atoms with Gasteiger partial charge in [0.25, 0.3) is 5.91 Å². The standard InChI is InChI=1S/C23H19FN2O3/c1-28-21-5-4-16-10-18(3-2-17(16)12-21)22-14-26(6-7-29-22)23(27)19-8-15(13-25)9-20(24)11-19/h2-5,8-12,22H,6-7,14H2,1H3/t22-/m1/s1. The van der Waals surface area contributed by atoms with E-state index in [-0.39, 0.29) is 23.1 Å². The van der Waals surface area contributed by atoms with Crippen molar-refractivity contribution in [3.05, 3.63) is 77.1 Å². The molecule has 146 valence electrons. The van der Waals surface area contributed by atoms with Crippen molar-refractivity contribution in [2.24, 2.45) is 0 Å². The van der Waals surface area contributed by atoms with Crippen LogP contribution in [0.15, 0.2) is 54.6 Å². The third kappa shape index (κ3) is 3.91. The minimum absolute atomic E-state index is 0.128. The first-order chi connectivity index (χ1) is 14.1. The summed E-state index contributed by atoms with van der Waals surface area (Å²) in [5.41, 5.74) is 1.27. The van der Waals surface area contributed by atoms with Crippen molar-refractivity contribution in [2.75, 3.05) is 26.8 Å². The summed E-state index contributed by atoms with van der Waals surface area (Å²) in [6.45, 7) is 1.16. The largest absolute Gasteiger partial charge is 0.497 e. The van der Waals surface area contributed by atoms with Gasteiger partial charge < -0.3 is 14.4 Å². The predicted molar refractivity (Wildman–Crippen MR) is 106 cm³/mol. The van der Waals surface area contributed by atoms with E-state index in [0.717, 1.165) is 34.2 Å². The molecule has 0 spiro atoms. The zero-order chi connectivity index (χ0) is 20.4. The zero-order valence-electron chi connectivity index (χ0n) is 15.9. The Morgan fingerprint density at radius 3 is 2.76 bits per heavy atom. The van der Waals surface area contributed by atoms with Crippen LogP contribution < -0.4 is 4.74 Å². The van der Waals surface area contributed by atoms with Crippen LogP contribution in [0.25, 0.3) is 10.8 Å². The van der Waals surface area contributed by atoms with Gasteiger partial charge in [0.2, 0.25) is 0 Å². The van der Waals surface area contributed by atoms with Gasteiger partial charge >= 0.3 is 0 Å². The molecule has 1 amide bonds. The van der Waals surface area contributed by atoms with Crippen LogP contribution in [0.1, 0.15) is 27.6 Å². The van der Waals surface area contributed by atoms with Gasteiger partial charge in [-0.3, -0.25) is 4.79 Å². The minimum Gasteiger partial charge on any atom is -0.497 e. The fourth-order valence-electron chi connectivity index (χ4n) is 3.57. The van der Waals surface area contributed by atoms with Gasteiger partial charge in [0.15, 0.2) is 0 Å². The van der Waals surface area contributed by atoms with Gasteiger partial charge in [0, 0.05) is 12.1 Å². The fourth-order valence-corrected chi connectivity index (χ4v) is 3.57. The van der Waals surface area contributed by atoms with Crippen LogP contribution in [-0.2, 0) is 4.74 Å². The number of methoxy groups -OCH3 is 1. The van der Waals surface area contributed by atoms with E-state index < -0.39 is 5.82 Å². The van der Waals surface area contributed by atoms with Crippen molar-refractivity contribution in [2.45, 2.75) is 6.10 Å². The van der Waals surface area contributed by atoms with E-state index in [4.69, 9.17) is 14.7 Å². The summed E-state index contributed by atoms with van der Waals surface area (Å²) < 4.78 is 24.9. The molecule has 0 radical (unpaired) electrons. The molecule has 1 aliphatic heterocycles. The summed E-state index contributed by atoms with van der Waals surface area (Å²) in [4.78, 5) is 14.5. The Bertz CT molecular complexity index is 1120. The molecule has 29 heavy (non-hydrogen) atoms. The third-order valence-corrected chi connectivity index (χ3v) is 5.07. The van der Waals surface area contributed by atoms with E-state index in [0.29, 0.717) is 19.7 Å². The number of fused-ring (bicyclic) bond motifs is 1. The molecule has 0 bridgehead atoms. The van der Waals surface area contributed by atoms with E-state index in [2.05, 4.69) is 0 Å². The number of nitriles is 1. The number of nitrogens with zero attached hydrogens (tertiary/aromatic N) is 2. The van der Waals surface area contributed by atoms with Crippen LogP contribution in [0.3, 0.4) is 0 Å². The SMILES string of the molecule is COc1ccc2cc([C@H]3CN(C(=O)c4cc(F)cc(C#N)c4)CCO3)ccc2c1. The molecule has 1 saturated heterocycles. The van der Waals surface area contributed by atoms with Crippen LogP contribution >= 0.6 is 0 Å². The van der Waals surface area contributed by atoms with Gasteiger partial charge in [-0.1, -0.05) is 18.2 Å². The molecule has 5 nitrogen and oxygen atoms in total. The van der Waals surface area contributed by atoms with Crippen molar-refractivity contribution in [3.63, 3.8) is 0 Å². The zero-order valence-corrected chi connectivity index (χ0v) is 15.9. The number of morpholine rings is 1. The second-order valence-corrected chi connectivity index (χ2v) is 6.92. The highest BCUT2D eigenvalue weighted by Crippen LogP contribution is 2.28. The fraction of sp³-hybridized carbons (Fsp3) is 0.217. The maximum Gasteiger partial charge on any atom is 0.254 e. The van der Waals surface area contributed by atoms with Gasteiger partial charge in [0.05, 0.1) is 31.9 Å². The lowest BCUT2D eigenvalue weighted by Gasteiger charge is -2.33. The Morgan fingerprint density at radius 2 is 1.97 bits per heavy atom. The van der Waals surface area contributed by atoms with E-state index in [1.54, 1.807) is 12.0 Å². The first-order valence-electron chi connectivity index (χ1n) is 9.26. The number of carbonyl (C=O) groups is 1. The smallest absolute Gasteiger partial charge is 0.254 e. The molecule has 3 aromatic rings. The van der Waals surface area contributed by atoms with E-state index in [1.165, 1.54) is 6.07 Å². The molecule has 6 heteroatoms. The average molecular weight is 390 g/mol. The number of hydrogen-bond donors (Lipinski definition) is 0. The molecule has 0 aromatic heterocycles. The number of benzene rings is 3. The number of amides is 1. The Hall–Kier alpha value is -3.43. The van der Waals surface area contributed by atoms with Crippen molar-refractivity contribution < 1.29 is 18.7 Å².